The van der Waals surface area contributed by atoms with Crippen LogP contribution in [0, 0.1) is 0 Å². The van der Waals surface area contributed by atoms with Gasteiger partial charge in [0.2, 0.25) is 0 Å². The van der Waals surface area contributed by atoms with Crippen molar-refractivity contribution >= 4 is 29.4 Å². The molecule has 3 aromatic heterocycles. The van der Waals surface area contributed by atoms with Crippen molar-refractivity contribution in [2.24, 2.45) is 5.10 Å². The molecule has 0 spiro atoms. The maximum atomic E-state index is 5.85. The topological polar surface area (TPSA) is 78.6 Å². The lowest BCUT2D eigenvalue weighted by Crippen LogP contribution is -2.31. The zero-order valence-electron chi connectivity index (χ0n) is 16.6. The molecule has 1 fully saturated rings. The summed E-state index contributed by atoms with van der Waals surface area (Å²) >= 11 is 5.22. The van der Waals surface area contributed by atoms with Gasteiger partial charge < -0.3 is 14.6 Å². The zero-order valence-corrected chi connectivity index (χ0v) is 17.4. The van der Waals surface area contributed by atoms with Crippen molar-refractivity contribution in [1.82, 2.24) is 20.7 Å². The molecule has 1 saturated heterocycles. The van der Waals surface area contributed by atoms with Gasteiger partial charge in [0.15, 0.2) is 5.11 Å². The number of hydrogen-bond acceptors (Lipinski definition) is 6. The van der Waals surface area contributed by atoms with Crippen molar-refractivity contribution in [3.63, 3.8) is 0 Å². The summed E-state index contributed by atoms with van der Waals surface area (Å²) in [6, 6.07) is 11.8. The Morgan fingerprint density at radius 1 is 1.13 bits per heavy atom. The first-order chi connectivity index (χ1) is 14.8. The molecular formula is C22H24N6OS. The van der Waals surface area contributed by atoms with E-state index in [9.17, 15) is 0 Å². The number of anilines is 1. The fourth-order valence-electron chi connectivity index (χ4n) is 3.30. The van der Waals surface area contributed by atoms with Gasteiger partial charge >= 0.3 is 0 Å². The predicted octanol–water partition coefficient (Wildman–Crippen LogP) is 3.73. The highest BCUT2D eigenvalue weighted by molar-refractivity contribution is 7.80. The fraction of sp³-hybridized carbons (Fsp3) is 0.273. The second kappa shape index (κ2) is 9.98. The summed E-state index contributed by atoms with van der Waals surface area (Å²) in [6.45, 7) is 2.75. The maximum Gasteiger partial charge on any atom is 0.187 e. The smallest absolute Gasteiger partial charge is 0.187 e. The summed E-state index contributed by atoms with van der Waals surface area (Å²) in [5.74, 6) is 2.42. The standard InChI is InChI=1S/C22H24N6OS/c30-22(25-14-17-5-4-10-23-13-17)27-26-16-19-7-8-20(29-19)18-6-9-21(24-15-18)28-11-2-1-3-12-28/h4-10,13,15-16H,1-3,11-12,14H2,(H2,25,27,30)/b26-16+. The van der Waals surface area contributed by atoms with Crippen LogP contribution in [0.3, 0.4) is 0 Å². The molecule has 4 heterocycles. The van der Waals surface area contributed by atoms with E-state index in [1.165, 1.54) is 19.3 Å². The van der Waals surface area contributed by atoms with E-state index < -0.39 is 0 Å². The van der Waals surface area contributed by atoms with Crippen LogP contribution in [-0.2, 0) is 6.54 Å². The lowest BCUT2D eigenvalue weighted by Gasteiger charge is -2.27. The highest BCUT2D eigenvalue weighted by Gasteiger charge is 2.12. The van der Waals surface area contributed by atoms with Crippen molar-refractivity contribution in [3.8, 4) is 11.3 Å². The Labute approximate surface area is 181 Å². The van der Waals surface area contributed by atoms with E-state index in [0.29, 0.717) is 17.4 Å². The minimum atomic E-state index is 0.430. The van der Waals surface area contributed by atoms with Gasteiger partial charge in [-0.15, -0.1) is 0 Å². The van der Waals surface area contributed by atoms with Crippen LogP contribution in [0.5, 0.6) is 0 Å². The monoisotopic (exact) mass is 420 g/mol. The van der Waals surface area contributed by atoms with Crippen LogP contribution >= 0.6 is 12.2 Å². The number of nitrogens with one attached hydrogen (secondary N) is 2. The predicted molar refractivity (Wildman–Crippen MR) is 122 cm³/mol. The Bertz CT molecular complexity index is 980. The first-order valence-corrected chi connectivity index (χ1v) is 10.5. The van der Waals surface area contributed by atoms with E-state index in [2.05, 4.69) is 36.8 Å². The number of piperidine rings is 1. The average molecular weight is 421 g/mol. The summed E-state index contributed by atoms with van der Waals surface area (Å²) < 4.78 is 5.85. The van der Waals surface area contributed by atoms with Crippen LogP contribution in [0.1, 0.15) is 30.6 Å². The van der Waals surface area contributed by atoms with Crippen molar-refractivity contribution in [2.45, 2.75) is 25.8 Å². The van der Waals surface area contributed by atoms with E-state index >= 15 is 0 Å². The molecule has 3 aromatic rings. The number of thiocarbonyl (C=S) groups is 1. The Morgan fingerprint density at radius 3 is 2.80 bits per heavy atom. The number of hydrogen-bond donors (Lipinski definition) is 2. The summed E-state index contributed by atoms with van der Waals surface area (Å²) in [4.78, 5) is 11.0. The summed E-state index contributed by atoms with van der Waals surface area (Å²) in [6.07, 6.45) is 10.8. The molecule has 4 rings (SSSR count). The van der Waals surface area contributed by atoms with Gasteiger partial charge in [0.05, 0.1) is 6.21 Å². The van der Waals surface area contributed by atoms with Gasteiger partial charge in [-0.3, -0.25) is 10.4 Å². The number of rotatable bonds is 6. The maximum absolute atomic E-state index is 5.85. The van der Waals surface area contributed by atoms with Crippen molar-refractivity contribution in [2.75, 3.05) is 18.0 Å². The number of aromatic nitrogens is 2. The first-order valence-electron chi connectivity index (χ1n) is 10.0. The molecule has 154 valence electrons. The van der Waals surface area contributed by atoms with Gasteiger partial charge in [-0.25, -0.2) is 4.98 Å². The molecule has 0 radical (unpaired) electrons. The van der Waals surface area contributed by atoms with Crippen LogP contribution in [0.15, 0.2) is 64.5 Å². The molecule has 0 aromatic carbocycles. The molecule has 0 unspecified atom stereocenters. The summed E-state index contributed by atoms with van der Waals surface area (Å²) in [7, 11) is 0. The SMILES string of the molecule is S=C(NCc1cccnc1)N/N=C/c1ccc(-c2ccc(N3CCCCC3)nc2)o1. The van der Waals surface area contributed by atoms with E-state index in [1.807, 2.05) is 36.5 Å². The molecule has 2 N–H and O–H groups in total. The lowest BCUT2D eigenvalue weighted by atomic mass is 10.1. The number of nitrogens with zero attached hydrogens (tertiary/aromatic N) is 4. The second-order valence-corrected chi connectivity index (χ2v) is 7.48. The molecule has 7 nitrogen and oxygen atoms in total. The van der Waals surface area contributed by atoms with E-state index in [1.54, 1.807) is 18.6 Å². The minimum absolute atomic E-state index is 0.430. The highest BCUT2D eigenvalue weighted by Crippen LogP contribution is 2.24. The lowest BCUT2D eigenvalue weighted by molar-refractivity contribution is 0.571. The molecule has 1 aliphatic rings. The van der Waals surface area contributed by atoms with Gasteiger partial charge in [0, 0.05) is 43.8 Å². The molecule has 8 heteroatoms. The van der Waals surface area contributed by atoms with E-state index in [0.717, 1.165) is 35.8 Å². The van der Waals surface area contributed by atoms with Crippen LogP contribution in [0.2, 0.25) is 0 Å². The third-order valence-corrected chi connectivity index (χ3v) is 5.11. The first kappa shape index (κ1) is 20.0. The summed E-state index contributed by atoms with van der Waals surface area (Å²) in [5.41, 5.74) is 4.77. The molecular weight excluding hydrogens is 396 g/mol. The molecule has 0 aliphatic carbocycles. The highest BCUT2D eigenvalue weighted by atomic mass is 32.1. The normalized spacial score (nSPS) is 14.1. The number of pyridine rings is 2. The fourth-order valence-corrected chi connectivity index (χ4v) is 3.42. The molecule has 0 bridgehead atoms. The summed E-state index contributed by atoms with van der Waals surface area (Å²) in [5, 5.41) is 7.63. The third-order valence-electron chi connectivity index (χ3n) is 4.87. The largest absolute Gasteiger partial charge is 0.455 e. The minimum Gasteiger partial charge on any atom is -0.455 e. The average Bonchev–Trinajstić information content (AvgIpc) is 3.28. The second-order valence-electron chi connectivity index (χ2n) is 7.07. The number of hydrazone groups is 1. The van der Waals surface area contributed by atoms with Crippen LogP contribution in [0.4, 0.5) is 5.82 Å². The third kappa shape index (κ3) is 5.42. The molecule has 1 aliphatic heterocycles. The molecule has 0 amide bonds. The van der Waals surface area contributed by atoms with Crippen LogP contribution in [-0.4, -0.2) is 34.4 Å². The molecule has 0 saturated carbocycles. The van der Waals surface area contributed by atoms with E-state index in [4.69, 9.17) is 16.6 Å². The molecule has 30 heavy (non-hydrogen) atoms. The van der Waals surface area contributed by atoms with E-state index in [-0.39, 0.29) is 0 Å². The van der Waals surface area contributed by atoms with Crippen molar-refractivity contribution < 1.29 is 4.42 Å². The van der Waals surface area contributed by atoms with Gasteiger partial charge in [-0.1, -0.05) is 6.07 Å². The Morgan fingerprint density at radius 2 is 2.03 bits per heavy atom. The van der Waals surface area contributed by atoms with Crippen LogP contribution < -0.4 is 15.6 Å². The van der Waals surface area contributed by atoms with Gasteiger partial charge in [-0.2, -0.15) is 5.10 Å². The van der Waals surface area contributed by atoms with Crippen molar-refractivity contribution in [1.29, 1.82) is 0 Å². The number of furan rings is 1. The van der Waals surface area contributed by atoms with Gasteiger partial charge in [-0.05, 0) is 67.4 Å². The molecule has 0 atom stereocenters. The Kier molecular flexibility index (Phi) is 6.66. The van der Waals surface area contributed by atoms with Gasteiger partial charge in [0.1, 0.15) is 17.3 Å². The Hall–Kier alpha value is -3.26. The van der Waals surface area contributed by atoms with Crippen molar-refractivity contribution in [3.05, 3.63) is 66.3 Å². The quantitative estimate of drug-likeness (QED) is 0.357. The van der Waals surface area contributed by atoms with Gasteiger partial charge in [0.25, 0.3) is 0 Å². The zero-order chi connectivity index (χ0) is 20.6. The van der Waals surface area contributed by atoms with Crippen LogP contribution in [0.25, 0.3) is 11.3 Å². The Balaban J connectivity index is 1.28.